The van der Waals surface area contributed by atoms with E-state index in [1.807, 2.05) is 54.8 Å². The van der Waals surface area contributed by atoms with E-state index in [-0.39, 0.29) is 6.04 Å². The van der Waals surface area contributed by atoms with Crippen LogP contribution < -0.4 is 10.6 Å². The van der Waals surface area contributed by atoms with E-state index < -0.39 is 29.9 Å². The quantitative estimate of drug-likeness (QED) is 0.551. The van der Waals surface area contributed by atoms with Crippen LogP contribution in [0.5, 0.6) is 0 Å². The molecule has 0 aliphatic carbocycles. The highest BCUT2D eigenvalue weighted by Crippen LogP contribution is 2.30. The largest absolute Gasteiger partial charge is 0.343 e. The molecule has 1 fully saturated rings. The molecule has 2 aromatic carbocycles. The molecular weight excluding hydrogens is 436 g/mol. The molecule has 2 heterocycles. The number of nitrogens with one attached hydrogen (secondary N) is 2. The number of carbonyl (C=O) groups is 3. The molecule has 1 saturated heterocycles. The number of carbonyl (C=O) groups excluding carboxylic acids is 3. The van der Waals surface area contributed by atoms with Crippen molar-refractivity contribution in [1.82, 2.24) is 15.5 Å². The Bertz CT molecular complexity index is 1230. The van der Waals surface area contributed by atoms with Crippen molar-refractivity contribution >= 4 is 29.2 Å². The van der Waals surface area contributed by atoms with Gasteiger partial charge in [-0.3, -0.25) is 14.5 Å². The average Bonchev–Trinajstić information content (AvgIpc) is 3.42. The van der Waals surface area contributed by atoms with Crippen molar-refractivity contribution in [1.29, 1.82) is 5.26 Å². The number of rotatable bonds is 6. The van der Waals surface area contributed by atoms with E-state index in [0.29, 0.717) is 11.1 Å². The van der Waals surface area contributed by atoms with Gasteiger partial charge in [0.15, 0.2) is 0 Å². The molecule has 0 spiro atoms. The van der Waals surface area contributed by atoms with E-state index in [4.69, 9.17) is 5.26 Å². The van der Waals surface area contributed by atoms with Crippen LogP contribution in [-0.4, -0.2) is 29.3 Å². The molecule has 0 bridgehead atoms. The van der Waals surface area contributed by atoms with Crippen LogP contribution in [0, 0.1) is 18.3 Å². The topological polar surface area (TPSA) is 102 Å². The number of nitrogens with zero attached hydrogens (tertiary/aromatic N) is 2. The predicted molar refractivity (Wildman–Crippen MR) is 124 cm³/mol. The number of aryl methyl sites for hydroxylation is 1. The van der Waals surface area contributed by atoms with Gasteiger partial charge in [-0.1, -0.05) is 48.0 Å². The summed E-state index contributed by atoms with van der Waals surface area (Å²) in [5, 5.41) is 16.6. The van der Waals surface area contributed by atoms with Crippen molar-refractivity contribution in [2.75, 3.05) is 6.54 Å². The highest BCUT2D eigenvalue weighted by atomic mass is 32.1. The normalized spacial score (nSPS) is 18.5. The molecule has 4 amide bonds. The number of benzene rings is 2. The molecule has 2 N–H and O–H groups in total. The summed E-state index contributed by atoms with van der Waals surface area (Å²) >= 11 is 1.52. The van der Waals surface area contributed by atoms with Gasteiger partial charge in [-0.05, 0) is 48.6 Å². The number of hydrogen-bond acceptors (Lipinski definition) is 5. The average molecular weight is 459 g/mol. The van der Waals surface area contributed by atoms with Crippen LogP contribution in [0.4, 0.5) is 4.79 Å². The number of thiophene rings is 1. The third-order valence-corrected chi connectivity index (χ3v) is 6.65. The van der Waals surface area contributed by atoms with Crippen LogP contribution >= 0.6 is 11.3 Å². The fourth-order valence-corrected chi connectivity index (χ4v) is 4.60. The first-order chi connectivity index (χ1) is 15.8. The van der Waals surface area contributed by atoms with E-state index in [1.165, 1.54) is 11.3 Å². The zero-order chi connectivity index (χ0) is 23.6. The highest BCUT2D eigenvalue weighted by molar-refractivity contribution is 7.10. The molecule has 166 valence electrons. The van der Waals surface area contributed by atoms with Crippen molar-refractivity contribution in [2.45, 2.75) is 25.4 Å². The molecule has 8 heteroatoms. The Hall–Kier alpha value is -3.96. The Morgan fingerprint density at radius 3 is 2.45 bits per heavy atom. The van der Waals surface area contributed by atoms with Crippen molar-refractivity contribution in [2.24, 2.45) is 0 Å². The van der Waals surface area contributed by atoms with Gasteiger partial charge < -0.3 is 10.6 Å². The Morgan fingerprint density at radius 2 is 1.85 bits per heavy atom. The molecule has 0 unspecified atom stereocenters. The smallest absolute Gasteiger partial charge is 0.325 e. The Kier molecular flexibility index (Phi) is 5.99. The maximum Gasteiger partial charge on any atom is 0.325 e. The Morgan fingerprint density at radius 1 is 1.15 bits per heavy atom. The van der Waals surface area contributed by atoms with Crippen LogP contribution in [-0.2, 0) is 15.1 Å². The van der Waals surface area contributed by atoms with Gasteiger partial charge in [-0.2, -0.15) is 5.26 Å². The number of amides is 4. The second kappa shape index (κ2) is 8.88. The molecule has 1 aliphatic heterocycles. The van der Waals surface area contributed by atoms with Gasteiger partial charge in [0.05, 0.1) is 17.7 Å². The minimum Gasteiger partial charge on any atom is -0.343 e. The van der Waals surface area contributed by atoms with E-state index in [0.717, 1.165) is 20.9 Å². The molecule has 4 rings (SSSR count). The van der Waals surface area contributed by atoms with Gasteiger partial charge in [-0.25, -0.2) is 4.79 Å². The molecule has 7 nitrogen and oxygen atoms in total. The van der Waals surface area contributed by atoms with Crippen LogP contribution in [0.1, 0.15) is 40.1 Å². The first-order valence-corrected chi connectivity index (χ1v) is 11.2. The number of hydrogen-bond donors (Lipinski definition) is 2. The standard InChI is InChI=1S/C25H22N4O3S/c1-16-5-9-18(10-6-16)22(20-4-3-13-33-20)27-21(30)15-29-23(31)25(2,28-24(29)32)19-11-7-17(14-26)8-12-19/h3-13,22H,15H2,1-2H3,(H,27,30)(H,28,32)/t22-,25-/m1/s1. The number of urea groups is 1. The van der Waals surface area contributed by atoms with Crippen molar-refractivity contribution < 1.29 is 14.4 Å². The van der Waals surface area contributed by atoms with Crippen LogP contribution in [0.3, 0.4) is 0 Å². The van der Waals surface area contributed by atoms with Crippen LogP contribution in [0.25, 0.3) is 0 Å². The first kappa shape index (κ1) is 22.2. The third kappa shape index (κ3) is 4.36. The fraction of sp³-hybridized carbons (Fsp3) is 0.200. The molecule has 3 aromatic rings. The fourth-order valence-electron chi connectivity index (χ4n) is 3.80. The zero-order valence-corrected chi connectivity index (χ0v) is 19.0. The lowest BCUT2D eigenvalue weighted by Gasteiger charge is -2.23. The maximum absolute atomic E-state index is 13.1. The lowest BCUT2D eigenvalue weighted by atomic mass is 9.91. The summed E-state index contributed by atoms with van der Waals surface area (Å²) in [7, 11) is 0. The van der Waals surface area contributed by atoms with E-state index in [2.05, 4.69) is 10.6 Å². The monoisotopic (exact) mass is 458 g/mol. The number of imide groups is 1. The molecule has 1 aliphatic rings. The summed E-state index contributed by atoms with van der Waals surface area (Å²) in [6.45, 7) is 3.18. The lowest BCUT2D eigenvalue weighted by molar-refractivity contribution is -0.135. The lowest BCUT2D eigenvalue weighted by Crippen LogP contribution is -2.44. The van der Waals surface area contributed by atoms with Crippen LogP contribution in [0.15, 0.2) is 66.0 Å². The van der Waals surface area contributed by atoms with Gasteiger partial charge >= 0.3 is 6.03 Å². The van der Waals surface area contributed by atoms with Crippen molar-refractivity contribution in [3.63, 3.8) is 0 Å². The predicted octanol–water partition coefficient (Wildman–Crippen LogP) is 3.60. The molecule has 2 atom stereocenters. The summed E-state index contributed by atoms with van der Waals surface area (Å²) in [4.78, 5) is 40.6. The molecule has 1 aromatic heterocycles. The molecule has 0 saturated carbocycles. The Labute approximate surface area is 195 Å². The van der Waals surface area contributed by atoms with E-state index in [9.17, 15) is 14.4 Å². The Balaban J connectivity index is 1.52. The van der Waals surface area contributed by atoms with Gasteiger partial charge in [0, 0.05) is 4.88 Å². The first-order valence-electron chi connectivity index (χ1n) is 10.4. The minimum absolute atomic E-state index is 0.385. The number of nitriles is 1. The third-order valence-electron chi connectivity index (χ3n) is 5.71. The summed E-state index contributed by atoms with van der Waals surface area (Å²) < 4.78 is 0. The van der Waals surface area contributed by atoms with Gasteiger partial charge in [-0.15, -0.1) is 11.3 Å². The van der Waals surface area contributed by atoms with Gasteiger partial charge in [0.1, 0.15) is 12.1 Å². The van der Waals surface area contributed by atoms with E-state index >= 15 is 0 Å². The second-order valence-electron chi connectivity index (χ2n) is 8.06. The van der Waals surface area contributed by atoms with Crippen LogP contribution in [0.2, 0.25) is 0 Å². The molecule has 33 heavy (non-hydrogen) atoms. The second-order valence-corrected chi connectivity index (χ2v) is 9.04. The van der Waals surface area contributed by atoms with Crippen molar-refractivity contribution in [3.05, 3.63) is 93.2 Å². The maximum atomic E-state index is 13.1. The highest BCUT2D eigenvalue weighted by Gasteiger charge is 2.49. The SMILES string of the molecule is Cc1ccc([C@@H](NC(=O)CN2C(=O)N[C@](C)(c3ccc(C#N)cc3)C2=O)c2cccs2)cc1. The molecule has 0 radical (unpaired) electrons. The summed E-state index contributed by atoms with van der Waals surface area (Å²) in [6.07, 6.45) is 0. The van der Waals surface area contributed by atoms with Gasteiger partial charge in [0.2, 0.25) is 5.91 Å². The molecular formula is C25H22N4O3S. The van der Waals surface area contributed by atoms with E-state index in [1.54, 1.807) is 31.2 Å². The summed E-state index contributed by atoms with van der Waals surface area (Å²) in [6, 6.07) is 19.1. The van der Waals surface area contributed by atoms with Crippen molar-refractivity contribution in [3.8, 4) is 6.07 Å². The summed E-state index contributed by atoms with van der Waals surface area (Å²) in [5.41, 5.74) is 1.70. The summed E-state index contributed by atoms with van der Waals surface area (Å²) in [5.74, 6) is -0.961. The van der Waals surface area contributed by atoms with Gasteiger partial charge in [0.25, 0.3) is 5.91 Å². The minimum atomic E-state index is -1.31. The zero-order valence-electron chi connectivity index (χ0n) is 18.2.